The maximum absolute atomic E-state index is 12.3. The molecule has 1 amide bonds. The minimum Gasteiger partial charge on any atom is -0.467 e. The van der Waals surface area contributed by atoms with Crippen LogP contribution in [0.5, 0.6) is 0 Å². The van der Waals surface area contributed by atoms with Crippen molar-refractivity contribution in [2.45, 2.75) is 31.8 Å². The van der Waals surface area contributed by atoms with Crippen molar-refractivity contribution in [2.24, 2.45) is 0 Å². The molecule has 2 heterocycles. The molecule has 1 aromatic rings. The minimum atomic E-state index is -0.548. The number of carbonyl (C=O) groups excluding carboxylic acids is 2. The van der Waals surface area contributed by atoms with Crippen LogP contribution >= 0.6 is 0 Å². The summed E-state index contributed by atoms with van der Waals surface area (Å²) in [4.78, 5) is 40.6. The van der Waals surface area contributed by atoms with Crippen molar-refractivity contribution < 1.29 is 14.3 Å². The van der Waals surface area contributed by atoms with Crippen LogP contribution in [0.25, 0.3) is 0 Å². The van der Waals surface area contributed by atoms with Gasteiger partial charge in [-0.05, 0) is 25.3 Å². The first-order valence-corrected chi connectivity index (χ1v) is 6.52. The van der Waals surface area contributed by atoms with Crippen LogP contribution in [0.1, 0.15) is 19.3 Å². The lowest BCUT2D eigenvalue weighted by Crippen LogP contribution is -2.50. The van der Waals surface area contributed by atoms with Gasteiger partial charge in [0.1, 0.15) is 12.6 Å². The molecular formula is C13H17N3O4. The molecule has 2 rings (SSSR count). The fourth-order valence-electron chi connectivity index (χ4n) is 2.36. The Morgan fingerprint density at radius 1 is 1.45 bits per heavy atom. The van der Waals surface area contributed by atoms with Crippen LogP contribution in [0.4, 0.5) is 0 Å². The zero-order valence-electron chi connectivity index (χ0n) is 11.3. The molecule has 20 heavy (non-hydrogen) atoms. The molecule has 1 fully saturated rings. The first-order chi connectivity index (χ1) is 9.63. The van der Waals surface area contributed by atoms with Gasteiger partial charge >= 0.3 is 11.7 Å². The Morgan fingerprint density at radius 2 is 2.25 bits per heavy atom. The maximum Gasteiger partial charge on any atom is 0.347 e. The molecule has 1 atom stereocenters. The Morgan fingerprint density at radius 3 is 2.95 bits per heavy atom. The first kappa shape index (κ1) is 14.2. The number of hydrogen-bond donors (Lipinski definition) is 0. The lowest BCUT2D eigenvalue weighted by atomic mass is 10.0. The van der Waals surface area contributed by atoms with Gasteiger partial charge in [0, 0.05) is 18.9 Å². The fourth-order valence-corrected chi connectivity index (χ4v) is 2.36. The number of amides is 1. The summed E-state index contributed by atoms with van der Waals surface area (Å²) in [6.45, 7) is 0.397. The molecule has 0 spiro atoms. The van der Waals surface area contributed by atoms with E-state index in [2.05, 4.69) is 4.98 Å². The van der Waals surface area contributed by atoms with E-state index in [9.17, 15) is 14.4 Å². The van der Waals surface area contributed by atoms with Gasteiger partial charge in [-0.1, -0.05) is 0 Å². The topological polar surface area (TPSA) is 81.5 Å². The smallest absolute Gasteiger partial charge is 0.347 e. The summed E-state index contributed by atoms with van der Waals surface area (Å²) in [6.07, 6.45) is 5.21. The van der Waals surface area contributed by atoms with E-state index in [0.717, 1.165) is 12.8 Å². The highest BCUT2D eigenvalue weighted by Gasteiger charge is 2.32. The Kier molecular flexibility index (Phi) is 4.49. The summed E-state index contributed by atoms with van der Waals surface area (Å²) in [7, 11) is 1.31. The molecule has 1 aromatic heterocycles. The average Bonchev–Trinajstić information content (AvgIpc) is 2.48. The van der Waals surface area contributed by atoms with Gasteiger partial charge in [0.05, 0.1) is 7.11 Å². The number of rotatable bonds is 3. The van der Waals surface area contributed by atoms with Gasteiger partial charge in [-0.3, -0.25) is 9.36 Å². The molecule has 0 N–H and O–H groups in total. The van der Waals surface area contributed by atoms with Crippen LogP contribution in [0.3, 0.4) is 0 Å². The van der Waals surface area contributed by atoms with Crippen LogP contribution < -0.4 is 5.69 Å². The molecule has 0 aliphatic carbocycles. The third kappa shape index (κ3) is 3.04. The number of ether oxygens (including phenoxy) is 1. The van der Waals surface area contributed by atoms with Crippen LogP contribution in [0, 0.1) is 0 Å². The van der Waals surface area contributed by atoms with Crippen molar-refractivity contribution in [3.8, 4) is 0 Å². The summed E-state index contributed by atoms with van der Waals surface area (Å²) in [5, 5.41) is 0. The van der Waals surface area contributed by atoms with Crippen molar-refractivity contribution in [3.63, 3.8) is 0 Å². The zero-order valence-corrected chi connectivity index (χ0v) is 11.3. The van der Waals surface area contributed by atoms with Crippen molar-refractivity contribution >= 4 is 11.9 Å². The third-order valence-electron chi connectivity index (χ3n) is 3.38. The first-order valence-electron chi connectivity index (χ1n) is 6.52. The highest BCUT2D eigenvalue weighted by molar-refractivity contribution is 5.84. The maximum atomic E-state index is 12.3. The average molecular weight is 279 g/mol. The number of esters is 1. The number of methoxy groups -OCH3 is 1. The third-order valence-corrected chi connectivity index (χ3v) is 3.38. The SMILES string of the molecule is COC(=O)[C@H]1CCCCN1C(=O)Cn1cccnc1=O. The van der Waals surface area contributed by atoms with Crippen LogP contribution in [0.15, 0.2) is 23.3 Å². The Bertz CT molecular complexity index is 555. The molecule has 1 saturated heterocycles. The van der Waals surface area contributed by atoms with Crippen molar-refractivity contribution in [1.29, 1.82) is 0 Å². The van der Waals surface area contributed by atoms with Gasteiger partial charge in [0.25, 0.3) is 0 Å². The van der Waals surface area contributed by atoms with E-state index in [1.54, 1.807) is 6.07 Å². The predicted molar refractivity (Wildman–Crippen MR) is 69.9 cm³/mol. The molecule has 1 aliphatic rings. The summed E-state index contributed by atoms with van der Waals surface area (Å²) < 4.78 is 5.96. The van der Waals surface area contributed by atoms with Crippen LogP contribution in [0.2, 0.25) is 0 Å². The number of nitrogens with zero attached hydrogens (tertiary/aromatic N) is 3. The van der Waals surface area contributed by atoms with Crippen LogP contribution in [-0.4, -0.2) is 46.0 Å². The zero-order chi connectivity index (χ0) is 14.5. The van der Waals surface area contributed by atoms with E-state index < -0.39 is 17.7 Å². The second-order valence-corrected chi connectivity index (χ2v) is 4.65. The monoisotopic (exact) mass is 279 g/mol. The molecular weight excluding hydrogens is 262 g/mol. The van der Waals surface area contributed by atoms with Gasteiger partial charge in [0.15, 0.2) is 0 Å². The van der Waals surface area contributed by atoms with E-state index in [-0.39, 0.29) is 12.5 Å². The molecule has 0 saturated carbocycles. The number of hydrogen-bond acceptors (Lipinski definition) is 5. The van der Waals surface area contributed by atoms with Gasteiger partial charge in [-0.15, -0.1) is 0 Å². The van der Waals surface area contributed by atoms with Gasteiger partial charge in [0.2, 0.25) is 5.91 Å². The quantitative estimate of drug-likeness (QED) is 0.716. The van der Waals surface area contributed by atoms with Gasteiger partial charge in [-0.2, -0.15) is 0 Å². The number of likely N-dealkylation sites (tertiary alicyclic amines) is 1. The normalized spacial score (nSPS) is 18.6. The highest BCUT2D eigenvalue weighted by Crippen LogP contribution is 2.18. The Hall–Kier alpha value is -2.18. The number of aromatic nitrogens is 2. The molecule has 108 valence electrons. The molecule has 0 bridgehead atoms. The molecule has 7 nitrogen and oxygen atoms in total. The summed E-state index contributed by atoms with van der Waals surface area (Å²) in [6, 6.07) is 1.04. The molecule has 0 unspecified atom stereocenters. The summed E-state index contributed by atoms with van der Waals surface area (Å²) >= 11 is 0. The van der Waals surface area contributed by atoms with E-state index in [0.29, 0.717) is 13.0 Å². The van der Waals surface area contributed by atoms with E-state index in [1.807, 2.05) is 0 Å². The largest absolute Gasteiger partial charge is 0.467 e. The highest BCUT2D eigenvalue weighted by atomic mass is 16.5. The lowest BCUT2D eigenvalue weighted by molar-refractivity contribution is -0.154. The number of carbonyl (C=O) groups is 2. The molecule has 1 aliphatic heterocycles. The fraction of sp³-hybridized carbons (Fsp3) is 0.538. The van der Waals surface area contributed by atoms with E-state index in [1.165, 1.54) is 29.0 Å². The van der Waals surface area contributed by atoms with Crippen molar-refractivity contribution in [1.82, 2.24) is 14.5 Å². The Labute approximate surface area is 116 Å². The molecule has 0 radical (unpaired) electrons. The lowest BCUT2D eigenvalue weighted by Gasteiger charge is -2.33. The minimum absolute atomic E-state index is 0.111. The predicted octanol–water partition coefficient (Wildman–Crippen LogP) is -0.203. The molecule has 7 heteroatoms. The standard InChI is InChI=1S/C13H17N3O4/c1-20-12(18)10-5-2-3-8-16(10)11(17)9-15-7-4-6-14-13(15)19/h4,6-7,10H,2-3,5,8-9H2,1H3/t10-/m1/s1. The summed E-state index contributed by atoms with van der Waals surface area (Å²) in [5.74, 6) is -0.674. The molecule has 0 aromatic carbocycles. The van der Waals surface area contributed by atoms with Crippen molar-refractivity contribution in [3.05, 3.63) is 28.9 Å². The van der Waals surface area contributed by atoms with Gasteiger partial charge < -0.3 is 9.64 Å². The van der Waals surface area contributed by atoms with E-state index in [4.69, 9.17) is 4.74 Å². The second kappa shape index (κ2) is 6.31. The second-order valence-electron chi connectivity index (χ2n) is 4.65. The number of piperidine rings is 1. The Balaban J connectivity index is 2.12. The van der Waals surface area contributed by atoms with E-state index >= 15 is 0 Å². The van der Waals surface area contributed by atoms with Crippen molar-refractivity contribution in [2.75, 3.05) is 13.7 Å². The van der Waals surface area contributed by atoms with Crippen LogP contribution in [-0.2, 0) is 20.9 Å². The summed E-state index contributed by atoms with van der Waals surface area (Å²) in [5.41, 5.74) is -0.479. The van der Waals surface area contributed by atoms with Gasteiger partial charge in [-0.25, -0.2) is 14.6 Å².